The summed E-state index contributed by atoms with van der Waals surface area (Å²) < 4.78 is 45.9. The Bertz CT molecular complexity index is 570. The number of aliphatic hydroxyl groups is 1. The van der Waals surface area contributed by atoms with Gasteiger partial charge in [-0.2, -0.15) is 0 Å². The van der Waals surface area contributed by atoms with Crippen LogP contribution in [0.1, 0.15) is 25.3 Å². The average molecular weight is 303 g/mol. The summed E-state index contributed by atoms with van der Waals surface area (Å²) in [4.78, 5) is -0.450. The molecule has 1 aliphatic rings. The van der Waals surface area contributed by atoms with E-state index in [1.165, 1.54) is 6.07 Å². The molecule has 1 saturated heterocycles. The summed E-state index contributed by atoms with van der Waals surface area (Å²) in [6.45, 7) is 1.97. The van der Waals surface area contributed by atoms with E-state index in [2.05, 4.69) is 4.72 Å². The quantitative estimate of drug-likeness (QED) is 0.856. The van der Waals surface area contributed by atoms with Crippen LogP contribution in [-0.4, -0.2) is 32.3 Å². The molecule has 0 bridgehead atoms. The second-order valence-electron chi connectivity index (χ2n) is 4.88. The van der Waals surface area contributed by atoms with Crippen molar-refractivity contribution in [2.75, 3.05) is 6.61 Å². The summed E-state index contributed by atoms with van der Waals surface area (Å²) in [6, 6.07) is 3.09. The van der Waals surface area contributed by atoms with Crippen LogP contribution in [-0.2, 0) is 21.4 Å². The highest BCUT2D eigenvalue weighted by atomic mass is 32.2. The zero-order chi connectivity index (χ0) is 14.8. The van der Waals surface area contributed by atoms with Crippen molar-refractivity contribution in [1.29, 1.82) is 0 Å². The molecule has 1 aromatic carbocycles. The van der Waals surface area contributed by atoms with Crippen molar-refractivity contribution in [3.8, 4) is 0 Å². The lowest BCUT2D eigenvalue weighted by atomic mass is 10.1. The van der Waals surface area contributed by atoms with Gasteiger partial charge in [-0.05, 0) is 37.5 Å². The molecule has 2 unspecified atom stereocenters. The third-order valence-electron chi connectivity index (χ3n) is 3.33. The monoisotopic (exact) mass is 303 g/mol. The minimum atomic E-state index is -3.98. The summed E-state index contributed by atoms with van der Waals surface area (Å²) >= 11 is 0. The van der Waals surface area contributed by atoms with Crippen LogP contribution in [0.15, 0.2) is 23.1 Å². The maximum atomic E-state index is 13.7. The second kappa shape index (κ2) is 6.17. The van der Waals surface area contributed by atoms with E-state index >= 15 is 0 Å². The van der Waals surface area contributed by atoms with Crippen LogP contribution >= 0.6 is 0 Å². The third kappa shape index (κ3) is 3.35. The van der Waals surface area contributed by atoms with Crippen molar-refractivity contribution in [3.05, 3.63) is 29.6 Å². The molecule has 0 saturated carbocycles. The van der Waals surface area contributed by atoms with Crippen LogP contribution in [0.3, 0.4) is 0 Å². The van der Waals surface area contributed by atoms with E-state index in [0.29, 0.717) is 12.2 Å². The van der Waals surface area contributed by atoms with Crippen LogP contribution < -0.4 is 4.72 Å². The van der Waals surface area contributed by atoms with Crippen LogP contribution in [0.2, 0.25) is 0 Å². The molecule has 1 heterocycles. The third-order valence-corrected chi connectivity index (χ3v) is 4.91. The Morgan fingerprint density at radius 3 is 2.90 bits per heavy atom. The first-order valence-corrected chi connectivity index (χ1v) is 7.95. The largest absolute Gasteiger partial charge is 0.392 e. The van der Waals surface area contributed by atoms with Gasteiger partial charge in [0.15, 0.2) is 0 Å². The molecule has 0 spiro atoms. The first-order chi connectivity index (χ1) is 9.44. The van der Waals surface area contributed by atoms with E-state index < -0.39 is 26.8 Å². The zero-order valence-electron chi connectivity index (χ0n) is 11.2. The fourth-order valence-corrected chi connectivity index (χ4v) is 3.63. The molecule has 0 aromatic heterocycles. The molecule has 5 nitrogen and oxygen atoms in total. The Morgan fingerprint density at radius 2 is 2.30 bits per heavy atom. The van der Waals surface area contributed by atoms with Gasteiger partial charge >= 0.3 is 0 Å². The van der Waals surface area contributed by atoms with Gasteiger partial charge in [0.1, 0.15) is 10.7 Å². The molecule has 112 valence electrons. The molecule has 1 fully saturated rings. The Labute approximate surface area is 117 Å². The molecule has 2 atom stereocenters. The Morgan fingerprint density at radius 1 is 1.55 bits per heavy atom. The topological polar surface area (TPSA) is 75.6 Å². The normalized spacial score (nSPS) is 21.1. The summed E-state index contributed by atoms with van der Waals surface area (Å²) in [5.41, 5.74) is 0.344. The van der Waals surface area contributed by atoms with Crippen molar-refractivity contribution >= 4 is 10.0 Å². The molecule has 1 aromatic rings. The van der Waals surface area contributed by atoms with Gasteiger partial charge in [-0.1, -0.05) is 6.07 Å². The van der Waals surface area contributed by atoms with Crippen LogP contribution in [0, 0.1) is 5.82 Å². The molecule has 1 aliphatic heterocycles. The Hall–Kier alpha value is -1.02. The van der Waals surface area contributed by atoms with Gasteiger partial charge < -0.3 is 9.84 Å². The lowest BCUT2D eigenvalue weighted by molar-refractivity contribution is 0.0902. The number of hydrogen-bond donors (Lipinski definition) is 2. The first-order valence-electron chi connectivity index (χ1n) is 6.47. The number of nitrogens with one attached hydrogen (secondary N) is 1. The van der Waals surface area contributed by atoms with Gasteiger partial charge in [0, 0.05) is 12.6 Å². The van der Waals surface area contributed by atoms with Crippen molar-refractivity contribution < 1.29 is 22.7 Å². The smallest absolute Gasteiger partial charge is 0.243 e. The molecule has 2 N–H and O–H groups in total. The van der Waals surface area contributed by atoms with Crippen molar-refractivity contribution in [2.45, 2.75) is 43.4 Å². The minimum absolute atomic E-state index is 0.186. The predicted molar refractivity (Wildman–Crippen MR) is 71.1 cm³/mol. The number of halogens is 1. The Kier molecular flexibility index (Phi) is 4.74. The van der Waals surface area contributed by atoms with Crippen LogP contribution in [0.25, 0.3) is 0 Å². The summed E-state index contributed by atoms with van der Waals surface area (Å²) in [5, 5.41) is 9.02. The molecule has 0 radical (unpaired) electrons. The van der Waals surface area contributed by atoms with Crippen molar-refractivity contribution in [1.82, 2.24) is 4.72 Å². The molecule has 7 heteroatoms. The van der Waals surface area contributed by atoms with Crippen molar-refractivity contribution in [2.24, 2.45) is 0 Å². The highest BCUT2D eigenvalue weighted by molar-refractivity contribution is 7.89. The molecule has 0 amide bonds. The van der Waals surface area contributed by atoms with Gasteiger partial charge in [-0.15, -0.1) is 0 Å². The summed E-state index contributed by atoms with van der Waals surface area (Å²) in [5.74, 6) is -0.839. The highest BCUT2D eigenvalue weighted by Crippen LogP contribution is 2.20. The van der Waals surface area contributed by atoms with E-state index in [4.69, 9.17) is 9.84 Å². The summed E-state index contributed by atoms with van der Waals surface area (Å²) in [7, 11) is -3.98. The van der Waals surface area contributed by atoms with Gasteiger partial charge in [0.25, 0.3) is 0 Å². The van der Waals surface area contributed by atoms with Gasteiger partial charge in [0.2, 0.25) is 10.0 Å². The lowest BCUT2D eigenvalue weighted by Crippen LogP contribution is -2.41. The van der Waals surface area contributed by atoms with E-state index in [1.54, 1.807) is 6.92 Å². The fraction of sp³-hybridized carbons (Fsp3) is 0.538. The van der Waals surface area contributed by atoms with Crippen molar-refractivity contribution in [3.63, 3.8) is 0 Å². The predicted octanol–water partition coefficient (Wildman–Crippen LogP) is 1.16. The number of hydrogen-bond acceptors (Lipinski definition) is 4. The molecule has 20 heavy (non-hydrogen) atoms. The van der Waals surface area contributed by atoms with Gasteiger partial charge in [-0.25, -0.2) is 17.5 Å². The maximum absolute atomic E-state index is 13.7. The van der Waals surface area contributed by atoms with E-state index in [9.17, 15) is 12.8 Å². The number of ether oxygens (including phenoxy) is 1. The number of aliphatic hydroxyl groups excluding tert-OH is 1. The van der Waals surface area contributed by atoms with E-state index in [0.717, 1.165) is 25.0 Å². The maximum Gasteiger partial charge on any atom is 0.243 e. The molecule has 0 aliphatic carbocycles. The molecule has 2 rings (SSSR count). The first kappa shape index (κ1) is 15.4. The number of rotatable bonds is 5. The van der Waals surface area contributed by atoms with Gasteiger partial charge in [-0.3, -0.25) is 0 Å². The number of benzene rings is 1. The molecular formula is C13H18FNO4S. The zero-order valence-corrected chi connectivity index (χ0v) is 12.0. The fourth-order valence-electron chi connectivity index (χ4n) is 2.23. The second-order valence-corrected chi connectivity index (χ2v) is 6.57. The van der Waals surface area contributed by atoms with Gasteiger partial charge in [0.05, 0.1) is 12.7 Å². The SMILES string of the molecule is CC(NS(=O)(=O)c1cc(CO)ccc1F)C1CCCO1. The van der Waals surface area contributed by atoms with Crippen LogP contribution in [0.4, 0.5) is 4.39 Å². The Balaban J connectivity index is 2.21. The average Bonchev–Trinajstić information content (AvgIpc) is 2.92. The summed E-state index contributed by atoms with van der Waals surface area (Å²) in [6.07, 6.45) is 1.49. The lowest BCUT2D eigenvalue weighted by Gasteiger charge is -2.20. The number of sulfonamides is 1. The minimum Gasteiger partial charge on any atom is -0.392 e. The van der Waals surface area contributed by atoms with Crippen LogP contribution in [0.5, 0.6) is 0 Å². The van der Waals surface area contributed by atoms with E-state index in [-0.39, 0.29) is 12.7 Å². The standard InChI is InChI=1S/C13H18FNO4S/c1-9(12-3-2-6-19-12)15-20(17,18)13-7-10(8-16)4-5-11(13)14/h4-5,7,9,12,15-16H,2-3,6,8H2,1H3. The highest BCUT2D eigenvalue weighted by Gasteiger charge is 2.28. The molecular weight excluding hydrogens is 285 g/mol. The van der Waals surface area contributed by atoms with E-state index in [1.807, 2.05) is 0 Å².